The van der Waals surface area contributed by atoms with Crippen LogP contribution in [-0.2, 0) is 29.3 Å². The fourth-order valence-corrected chi connectivity index (χ4v) is 5.50. The molecule has 0 saturated carbocycles. The van der Waals surface area contributed by atoms with E-state index >= 15 is 0 Å². The summed E-state index contributed by atoms with van der Waals surface area (Å²) in [5, 5.41) is -0.272. The van der Waals surface area contributed by atoms with Gasteiger partial charge >= 0.3 is 0 Å². The molecule has 0 fully saturated rings. The smallest absolute Gasteiger partial charge is 0.235 e. The highest BCUT2D eigenvalue weighted by Crippen LogP contribution is 2.31. The number of fused-ring (bicyclic) bond motifs is 2. The molecule has 122 valence electrons. The first-order valence-electron chi connectivity index (χ1n) is 7.99. The fourth-order valence-electron chi connectivity index (χ4n) is 3.42. The van der Waals surface area contributed by atoms with Crippen LogP contribution in [0.4, 0.5) is 5.69 Å². The first kappa shape index (κ1) is 16.1. The quantitative estimate of drug-likeness (QED) is 0.841. The Hall–Kier alpha value is -0.720. The Morgan fingerprint density at radius 2 is 1.86 bits per heavy atom. The molecule has 2 aliphatic heterocycles. The maximum atomic E-state index is 12.4. The van der Waals surface area contributed by atoms with Crippen molar-refractivity contribution in [2.45, 2.75) is 44.3 Å². The molecule has 2 aliphatic rings. The number of sulfonamides is 1. The first-order chi connectivity index (χ1) is 10.5. The highest BCUT2D eigenvalue weighted by atomic mass is 32.2. The maximum absolute atomic E-state index is 12.4. The van der Waals surface area contributed by atoms with Crippen LogP contribution < -0.4 is 4.72 Å². The molecule has 0 radical (unpaired) electrons. The van der Waals surface area contributed by atoms with Gasteiger partial charge in [0, 0.05) is 13.1 Å². The van der Waals surface area contributed by atoms with Crippen LogP contribution in [0.3, 0.4) is 0 Å². The Morgan fingerprint density at radius 3 is 2.50 bits per heavy atom. The predicted octanol–water partition coefficient (Wildman–Crippen LogP) is 2.83. The van der Waals surface area contributed by atoms with Crippen molar-refractivity contribution in [1.82, 2.24) is 4.31 Å². The van der Waals surface area contributed by atoms with Gasteiger partial charge in [0.25, 0.3) is 0 Å². The van der Waals surface area contributed by atoms with Crippen LogP contribution in [-0.4, -0.2) is 37.3 Å². The van der Waals surface area contributed by atoms with Gasteiger partial charge in [0.15, 0.2) is 0 Å². The van der Waals surface area contributed by atoms with Gasteiger partial charge in [0.05, 0.1) is 10.9 Å². The minimum atomic E-state index is -3.24. The Morgan fingerprint density at radius 1 is 1.18 bits per heavy atom. The summed E-state index contributed by atoms with van der Waals surface area (Å²) in [6, 6.07) is 4.33. The van der Waals surface area contributed by atoms with Crippen LogP contribution >= 0.6 is 11.9 Å². The summed E-state index contributed by atoms with van der Waals surface area (Å²) < 4.78 is 30.0. The number of nitrogens with zero attached hydrogens (tertiary/aromatic N) is 1. The Kier molecular flexibility index (Phi) is 4.71. The van der Waals surface area contributed by atoms with Gasteiger partial charge in [-0.2, -0.15) is 0 Å². The van der Waals surface area contributed by atoms with Gasteiger partial charge < -0.3 is 0 Å². The summed E-state index contributed by atoms with van der Waals surface area (Å²) in [5.41, 5.74) is 4.67. The molecule has 6 heteroatoms. The first-order valence-corrected chi connectivity index (χ1v) is 10.7. The molecule has 0 saturated heterocycles. The minimum absolute atomic E-state index is 0.272. The normalized spacial score (nSPS) is 24.5. The number of hydrogen-bond donors (Lipinski definition) is 1. The number of nitrogens with one attached hydrogen (secondary N) is 1. The van der Waals surface area contributed by atoms with E-state index in [-0.39, 0.29) is 5.25 Å². The van der Waals surface area contributed by atoms with Crippen molar-refractivity contribution in [2.24, 2.45) is 0 Å². The second-order valence-corrected chi connectivity index (χ2v) is 8.95. The van der Waals surface area contributed by atoms with Crippen molar-refractivity contribution < 1.29 is 8.42 Å². The molecular formula is C16H24N2O2S2. The van der Waals surface area contributed by atoms with E-state index in [1.807, 2.05) is 6.92 Å². The Labute approximate surface area is 137 Å². The van der Waals surface area contributed by atoms with Crippen LogP contribution in [0, 0.1) is 0 Å². The molecule has 0 aromatic heterocycles. The van der Waals surface area contributed by atoms with E-state index in [1.54, 1.807) is 11.9 Å². The van der Waals surface area contributed by atoms with Gasteiger partial charge in [0.1, 0.15) is 0 Å². The van der Waals surface area contributed by atoms with E-state index in [4.69, 9.17) is 0 Å². The van der Waals surface area contributed by atoms with Gasteiger partial charge in [-0.05, 0) is 61.1 Å². The van der Waals surface area contributed by atoms with E-state index in [1.165, 1.54) is 11.1 Å². The van der Waals surface area contributed by atoms with Crippen molar-refractivity contribution >= 4 is 27.7 Å². The van der Waals surface area contributed by atoms with Crippen molar-refractivity contribution in [1.29, 1.82) is 0 Å². The molecule has 1 aromatic carbocycles. The van der Waals surface area contributed by atoms with Gasteiger partial charge in [0.2, 0.25) is 10.0 Å². The van der Waals surface area contributed by atoms with Crippen molar-refractivity contribution in [3.63, 3.8) is 0 Å². The molecule has 4 nitrogen and oxygen atoms in total. The average Bonchev–Trinajstić information content (AvgIpc) is 2.75. The molecule has 1 N–H and O–H groups in total. The van der Waals surface area contributed by atoms with Gasteiger partial charge in [-0.15, -0.1) is 0 Å². The van der Waals surface area contributed by atoms with E-state index < -0.39 is 10.0 Å². The molecule has 1 atom stereocenters. The topological polar surface area (TPSA) is 49.4 Å². The Balaban J connectivity index is 1.94. The zero-order chi connectivity index (χ0) is 15.7. The highest BCUT2D eigenvalue weighted by Gasteiger charge is 2.28. The Bertz CT molecular complexity index is 658. The molecule has 0 amide bonds. The van der Waals surface area contributed by atoms with E-state index in [0.29, 0.717) is 12.8 Å². The summed E-state index contributed by atoms with van der Waals surface area (Å²) in [6.45, 7) is 4.04. The van der Waals surface area contributed by atoms with E-state index in [9.17, 15) is 8.42 Å². The number of rotatable bonds is 2. The van der Waals surface area contributed by atoms with Crippen molar-refractivity contribution in [3.8, 4) is 0 Å². The van der Waals surface area contributed by atoms with Crippen LogP contribution in [0.25, 0.3) is 0 Å². The molecule has 0 spiro atoms. The molecular weight excluding hydrogens is 316 g/mol. The third-order valence-corrected chi connectivity index (χ3v) is 7.66. The van der Waals surface area contributed by atoms with Gasteiger partial charge in [-0.1, -0.05) is 24.9 Å². The number of aryl methyl sites for hydroxylation is 1. The maximum Gasteiger partial charge on any atom is 0.235 e. The summed E-state index contributed by atoms with van der Waals surface area (Å²) >= 11 is 1.79. The number of hydrogen-bond acceptors (Lipinski definition) is 4. The lowest BCUT2D eigenvalue weighted by molar-refractivity contribution is 0.496. The lowest BCUT2D eigenvalue weighted by Crippen LogP contribution is -2.25. The molecule has 1 aromatic rings. The van der Waals surface area contributed by atoms with E-state index in [0.717, 1.165) is 43.6 Å². The monoisotopic (exact) mass is 340 g/mol. The van der Waals surface area contributed by atoms with Crippen LogP contribution in [0.2, 0.25) is 0 Å². The fraction of sp³-hybridized carbons (Fsp3) is 0.625. The van der Waals surface area contributed by atoms with E-state index in [2.05, 4.69) is 27.4 Å². The molecule has 22 heavy (non-hydrogen) atoms. The third kappa shape index (κ3) is 3.14. The van der Waals surface area contributed by atoms with Crippen LogP contribution in [0.15, 0.2) is 12.1 Å². The molecule has 0 aliphatic carbocycles. The standard InChI is InChI=1S/C16H24N2O2S2/c1-3-15-5-4-14-10-12-6-8-18(21-2)9-7-13(12)11-16(14)17-22(15,19)20/h10-11,15,17H,3-9H2,1-2H3. The summed E-state index contributed by atoms with van der Waals surface area (Å²) in [4.78, 5) is 0. The SMILES string of the molecule is CCC1CCc2cc3c(cc2NS1(=O)=O)CCN(SC)CC3. The lowest BCUT2D eigenvalue weighted by Gasteiger charge is -2.15. The third-order valence-electron chi connectivity index (χ3n) is 4.83. The van der Waals surface area contributed by atoms with Gasteiger partial charge in [-0.3, -0.25) is 9.03 Å². The summed E-state index contributed by atoms with van der Waals surface area (Å²) in [5.74, 6) is 0. The molecule has 2 heterocycles. The van der Waals surface area contributed by atoms with Crippen LogP contribution in [0.1, 0.15) is 36.5 Å². The zero-order valence-electron chi connectivity index (χ0n) is 13.3. The second-order valence-electron chi connectivity index (χ2n) is 6.11. The lowest BCUT2D eigenvalue weighted by atomic mass is 9.96. The summed E-state index contributed by atoms with van der Waals surface area (Å²) in [6.07, 6.45) is 6.39. The number of benzene rings is 1. The zero-order valence-corrected chi connectivity index (χ0v) is 14.9. The molecule has 1 unspecified atom stereocenters. The molecule has 3 rings (SSSR count). The van der Waals surface area contributed by atoms with Gasteiger partial charge in [-0.25, -0.2) is 8.42 Å². The largest absolute Gasteiger partial charge is 0.283 e. The highest BCUT2D eigenvalue weighted by molar-refractivity contribution is 7.96. The number of anilines is 1. The van der Waals surface area contributed by atoms with Crippen molar-refractivity contribution in [3.05, 3.63) is 28.8 Å². The molecule has 0 bridgehead atoms. The van der Waals surface area contributed by atoms with Crippen molar-refractivity contribution in [2.75, 3.05) is 24.1 Å². The summed E-state index contributed by atoms with van der Waals surface area (Å²) in [7, 11) is -3.24. The minimum Gasteiger partial charge on any atom is -0.283 e. The second kappa shape index (κ2) is 6.42. The van der Waals surface area contributed by atoms with Crippen LogP contribution in [0.5, 0.6) is 0 Å². The average molecular weight is 341 g/mol. The predicted molar refractivity (Wildman–Crippen MR) is 93.9 cm³/mol.